The summed E-state index contributed by atoms with van der Waals surface area (Å²) >= 11 is 0. The second kappa shape index (κ2) is 4.20. The Hall–Kier alpha value is -1.32. The molecule has 0 spiro atoms. The molecule has 6 atom stereocenters. The van der Waals surface area contributed by atoms with Crippen molar-refractivity contribution in [2.45, 2.75) is 44.9 Å². The average molecular weight is 316 g/mol. The predicted molar refractivity (Wildman–Crippen MR) is 82.2 cm³/mol. The third-order valence-corrected chi connectivity index (χ3v) is 7.89. The largest absolute Gasteiger partial charge is 0.469 e. The highest BCUT2D eigenvalue weighted by Crippen LogP contribution is 2.94. The fourth-order valence-electron chi connectivity index (χ4n) is 7.59. The van der Waals surface area contributed by atoms with E-state index in [-0.39, 0.29) is 11.9 Å². The van der Waals surface area contributed by atoms with Crippen molar-refractivity contribution in [3.8, 4) is 0 Å². The lowest BCUT2D eigenvalue weighted by molar-refractivity contribution is -0.166. The first-order chi connectivity index (χ1) is 11.2. The molecule has 0 saturated heterocycles. The summed E-state index contributed by atoms with van der Waals surface area (Å²) < 4.78 is 10.5. The summed E-state index contributed by atoms with van der Waals surface area (Å²) in [5, 5.41) is 0. The molecule has 0 radical (unpaired) electrons. The third kappa shape index (κ3) is 1.17. The van der Waals surface area contributed by atoms with Gasteiger partial charge in [-0.05, 0) is 55.8 Å². The Morgan fingerprint density at radius 2 is 1.65 bits per heavy atom. The van der Waals surface area contributed by atoms with E-state index in [4.69, 9.17) is 9.47 Å². The molecule has 0 N–H and O–H groups in total. The summed E-state index contributed by atoms with van der Waals surface area (Å²) in [6.07, 6.45) is 7.96. The van der Waals surface area contributed by atoms with Crippen molar-refractivity contribution in [2.24, 2.45) is 34.5 Å². The van der Waals surface area contributed by atoms with E-state index in [1.807, 2.05) is 0 Å². The van der Waals surface area contributed by atoms with Crippen molar-refractivity contribution in [1.29, 1.82) is 0 Å². The Morgan fingerprint density at radius 1 is 0.957 bits per heavy atom. The van der Waals surface area contributed by atoms with Crippen LogP contribution in [0.4, 0.5) is 0 Å². The first-order valence-corrected chi connectivity index (χ1v) is 9.06. The number of carbonyl (C=O) groups excluding carboxylic acids is 2. The Morgan fingerprint density at radius 3 is 2.35 bits per heavy atom. The zero-order valence-electron chi connectivity index (χ0n) is 13.9. The molecule has 0 aromatic rings. The Labute approximate surface area is 136 Å². The maximum absolute atomic E-state index is 13.1. The number of hydrogen-bond acceptors (Lipinski definition) is 4. The van der Waals surface area contributed by atoms with Crippen molar-refractivity contribution in [2.75, 3.05) is 14.2 Å². The number of methoxy groups -OCH3 is 2. The lowest BCUT2D eigenvalue weighted by atomic mass is 9.65. The van der Waals surface area contributed by atoms with Gasteiger partial charge in [0.25, 0.3) is 0 Å². The molecule has 23 heavy (non-hydrogen) atoms. The van der Waals surface area contributed by atoms with Crippen LogP contribution in [-0.2, 0) is 19.1 Å². The summed E-state index contributed by atoms with van der Waals surface area (Å²) in [6, 6.07) is 0. The molecule has 6 aliphatic carbocycles. The van der Waals surface area contributed by atoms with Gasteiger partial charge in [0.2, 0.25) is 0 Å². The van der Waals surface area contributed by atoms with E-state index in [0.717, 1.165) is 25.7 Å². The molecule has 0 aromatic carbocycles. The monoisotopic (exact) mass is 316 g/mol. The zero-order valence-corrected chi connectivity index (χ0v) is 13.9. The maximum atomic E-state index is 13.1. The van der Waals surface area contributed by atoms with E-state index in [1.54, 1.807) is 0 Å². The van der Waals surface area contributed by atoms with Gasteiger partial charge < -0.3 is 9.47 Å². The molecular weight excluding hydrogens is 292 g/mol. The van der Waals surface area contributed by atoms with E-state index in [1.165, 1.54) is 44.6 Å². The molecule has 0 aromatic heterocycles. The predicted octanol–water partition coefficient (Wildman–Crippen LogP) is 2.87. The normalized spacial score (nSPS) is 48.6. The summed E-state index contributed by atoms with van der Waals surface area (Å²) in [7, 11) is 2.94. The number of carbonyl (C=O) groups is 2. The van der Waals surface area contributed by atoms with Crippen molar-refractivity contribution in [1.82, 2.24) is 0 Å². The van der Waals surface area contributed by atoms with Gasteiger partial charge in [0.15, 0.2) is 0 Å². The topological polar surface area (TPSA) is 52.6 Å². The SMILES string of the molecule is COC(=O)C12C3=C(CCCCCC3)C3C1CC1C3C12C(=O)OC. The van der Waals surface area contributed by atoms with Crippen molar-refractivity contribution >= 4 is 11.9 Å². The highest BCUT2D eigenvalue weighted by molar-refractivity contribution is 5.99. The minimum atomic E-state index is -0.679. The minimum absolute atomic E-state index is 0.156. The number of allylic oxidation sites excluding steroid dienone is 1. The van der Waals surface area contributed by atoms with Gasteiger partial charge in [-0.1, -0.05) is 24.0 Å². The highest BCUT2D eigenvalue weighted by Gasteiger charge is 2.97. The molecule has 0 aliphatic heterocycles. The van der Waals surface area contributed by atoms with E-state index in [0.29, 0.717) is 23.7 Å². The molecule has 4 fully saturated rings. The van der Waals surface area contributed by atoms with Gasteiger partial charge in [-0.15, -0.1) is 0 Å². The van der Waals surface area contributed by atoms with Crippen molar-refractivity contribution in [3.05, 3.63) is 11.1 Å². The lowest BCUT2D eigenvalue weighted by Crippen LogP contribution is -2.46. The first kappa shape index (κ1) is 14.1. The summed E-state index contributed by atoms with van der Waals surface area (Å²) in [5.74, 6) is 1.12. The van der Waals surface area contributed by atoms with Gasteiger partial charge in [-0.2, -0.15) is 0 Å². The van der Waals surface area contributed by atoms with Crippen LogP contribution in [0.15, 0.2) is 11.1 Å². The molecule has 124 valence electrons. The number of rotatable bonds is 2. The van der Waals surface area contributed by atoms with Gasteiger partial charge in [0.05, 0.1) is 19.6 Å². The third-order valence-electron chi connectivity index (χ3n) is 7.89. The Bertz CT molecular complexity index is 650. The lowest BCUT2D eigenvalue weighted by Gasteiger charge is -2.37. The molecule has 4 nitrogen and oxygen atoms in total. The van der Waals surface area contributed by atoms with Gasteiger partial charge in [0.1, 0.15) is 5.41 Å². The molecule has 6 rings (SSSR count). The molecular formula is C19H24O4. The molecule has 6 aliphatic rings. The fraction of sp³-hybridized carbons (Fsp3) is 0.789. The van der Waals surface area contributed by atoms with Crippen LogP contribution in [0.25, 0.3) is 0 Å². The summed E-state index contributed by atoms with van der Waals surface area (Å²) in [6.45, 7) is 0. The standard InChI is InChI=1S/C19H24O4/c1-22-16(20)18-11-8-6-4-3-5-7-10(11)14-12(18)9-13-15(14)19(13,18)17(21)23-2/h12-15H,3-9H2,1-2H3. The van der Waals surface area contributed by atoms with Crippen LogP contribution in [0.2, 0.25) is 0 Å². The number of ether oxygens (including phenoxy) is 2. The molecule has 4 saturated carbocycles. The maximum Gasteiger partial charge on any atom is 0.317 e. The summed E-state index contributed by atoms with van der Waals surface area (Å²) in [5.41, 5.74) is 1.56. The number of esters is 2. The Balaban J connectivity index is 1.73. The van der Waals surface area contributed by atoms with Crippen LogP contribution in [0, 0.1) is 34.5 Å². The molecule has 0 amide bonds. The first-order valence-electron chi connectivity index (χ1n) is 9.06. The molecule has 4 heteroatoms. The van der Waals surface area contributed by atoms with E-state index in [9.17, 15) is 9.59 Å². The highest BCUT2D eigenvalue weighted by atomic mass is 16.5. The van der Waals surface area contributed by atoms with Crippen LogP contribution in [0.3, 0.4) is 0 Å². The average Bonchev–Trinajstić information content (AvgIpc) is 2.82. The van der Waals surface area contributed by atoms with Gasteiger partial charge in [-0.25, -0.2) is 0 Å². The molecule has 6 unspecified atom stereocenters. The van der Waals surface area contributed by atoms with E-state index >= 15 is 0 Å². The van der Waals surface area contributed by atoms with Crippen molar-refractivity contribution in [3.63, 3.8) is 0 Å². The van der Waals surface area contributed by atoms with Gasteiger partial charge in [0, 0.05) is 0 Å². The smallest absolute Gasteiger partial charge is 0.317 e. The quantitative estimate of drug-likeness (QED) is 0.581. The van der Waals surface area contributed by atoms with Crippen molar-refractivity contribution < 1.29 is 19.1 Å². The van der Waals surface area contributed by atoms with Crippen LogP contribution >= 0.6 is 0 Å². The van der Waals surface area contributed by atoms with E-state index < -0.39 is 10.8 Å². The second-order valence-electron chi connectivity index (χ2n) is 8.08. The van der Waals surface area contributed by atoms with Crippen LogP contribution in [0.1, 0.15) is 44.9 Å². The van der Waals surface area contributed by atoms with Crippen LogP contribution in [0.5, 0.6) is 0 Å². The van der Waals surface area contributed by atoms with E-state index in [2.05, 4.69) is 0 Å². The van der Waals surface area contributed by atoms with Crippen LogP contribution < -0.4 is 0 Å². The molecule has 6 bridgehead atoms. The Kier molecular flexibility index (Phi) is 2.57. The zero-order chi connectivity index (χ0) is 16.0. The fourth-order valence-corrected chi connectivity index (χ4v) is 7.59. The number of hydrogen-bond donors (Lipinski definition) is 0. The minimum Gasteiger partial charge on any atom is -0.469 e. The second-order valence-corrected chi connectivity index (χ2v) is 8.08. The molecule has 0 heterocycles. The van der Waals surface area contributed by atoms with Gasteiger partial charge in [-0.3, -0.25) is 9.59 Å². The summed E-state index contributed by atoms with van der Waals surface area (Å²) in [4.78, 5) is 25.9. The van der Waals surface area contributed by atoms with Gasteiger partial charge >= 0.3 is 11.9 Å². The van der Waals surface area contributed by atoms with Crippen LogP contribution in [-0.4, -0.2) is 26.2 Å².